The van der Waals surface area contributed by atoms with Gasteiger partial charge in [0.05, 0.1) is 4.11 Å². The summed E-state index contributed by atoms with van der Waals surface area (Å²) in [5.41, 5.74) is 3.17. The van der Waals surface area contributed by atoms with Crippen LogP contribution in [0.4, 0.5) is 0 Å². The molecule has 0 amide bonds. The maximum Gasteiger partial charge on any atom is 0.129 e. The van der Waals surface area contributed by atoms with Gasteiger partial charge in [0.2, 0.25) is 0 Å². The average molecular weight is 443 g/mol. The highest BCUT2D eigenvalue weighted by Gasteiger charge is 2.06. The molecule has 0 fully saturated rings. The van der Waals surface area contributed by atoms with Gasteiger partial charge in [0, 0.05) is 4.40 Å². The Bertz CT molecular complexity index is 791. The van der Waals surface area contributed by atoms with Crippen LogP contribution < -0.4 is 0 Å². The molecule has 0 saturated heterocycles. The molecule has 0 unspecified atom stereocenters. The van der Waals surface area contributed by atoms with Crippen LogP contribution in [-0.2, 0) is 0 Å². The summed E-state index contributed by atoms with van der Waals surface area (Å²) < 4.78 is 31.0. The van der Waals surface area contributed by atoms with Crippen molar-refractivity contribution in [2.24, 2.45) is 0 Å². The third kappa shape index (κ3) is 46.7. The molecule has 3 aromatic carbocycles. The van der Waals surface area contributed by atoms with E-state index in [4.69, 9.17) is 7.08 Å². The van der Waals surface area contributed by atoms with Crippen molar-refractivity contribution in [2.45, 2.75) is 54.8 Å². The molecule has 3 rings (SSSR count). The number of rotatable bonds is 0. The summed E-state index contributed by atoms with van der Waals surface area (Å²) in [6, 6.07) is 29.0. The first-order valence-electron chi connectivity index (χ1n) is 12.5. The minimum atomic E-state index is -1.02. The molecule has 3 aromatic rings. The van der Waals surface area contributed by atoms with Crippen molar-refractivity contribution in [1.29, 1.82) is 0 Å². The molecule has 0 aliphatic heterocycles. The summed E-state index contributed by atoms with van der Waals surface area (Å²) in [7, 11) is -1.02. The lowest BCUT2D eigenvalue weighted by Gasteiger charge is -2.01. The highest BCUT2D eigenvalue weighted by molar-refractivity contribution is 6.83. The lowest BCUT2D eigenvalue weighted by atomic mass is 10.4. The van der Waals surface area contributed by atoms with Crippen LogP contribution in [0.2, 0.25) is 19.6 Å². The molecule has 0 N–H and O–H groups in total. The molecule has 0 saturated carbocycles. The van der Waals surface area contributed by atoms with Gasteiger partial charge in [0.25, 0.3) is 0 Å². The number of terminal acetylenes is 1. The van der Waals surface area contributed by atoms with E-state index < -0.39 is 8.07 Å². The molecule has 1 heteroatoms. The van der Waals surface area contributed by atoms with E-state index in [0.29, 0.717) is 18.1 Å². The zero-order valence-electron chi connectivity index (χ0n) is 24.7. The Hall–Kier alpha value is -3.00. The largest absolute Gasteiger partial charge is 0.132 e. The minimum absolute atomic E-state index is 0. The molecule has 0 bridgehead atoms. The molecule has 0 radical (unpaired) electrons. The Kier molecular flexibility index (Phi) is 26.6. The summed E-state index contributed by atoms with van der Waals surface area (Å²) in [5.74, 6) is 5.17. The summed E-state index contributed by atoms with van der Waals surface area (Å²) in [5, 5.41) is 0. The third-order valence-electron chi connectivity index (χ3n) is 2.32. The van der Waals surface area contributed by atoms with Gasteiger partial charge in [-0.05, 0) is 13.8 Å². The van der Waals surface area contributed by atoms with Crippen molar-refractivity contribution in [3.8, 4) is 23.8 Å². The molecule has 0 spiro atoms. The second kappa shape index (κ2) is 31.7. The zero-order chi connectivity index (χ0) is 28.0. The second-order valence-electron chi connectivity index (χ2n) is 6.15. The van der Waals surface area contributed by atoms with Crippen LogP contribution in [0.1, 0.15) is 43.6 Å². The molecular formula is C30H48Si. The Labute approximate surface area is 204 Å². The Morgan fingerprint density at radius 2 is 0.839 bits per heavy atom. The monoisotopic (exact) mass is 442 g/mol. The third-order valence-corrected chi connectivity index (χ3v) is 3.32. The van der Waals surface area contributed by atoms with Crippen LogP contribution in [0.3, 0.4) is 0 Å². The average Bonchev–Trinajstić information content (AvgIpc) is 2.84. The number of hydrogen-bond donors (Lipinski definition) is 0. The quantitative estimate of drug-likeness (QED) is 0.240. The molecule has 0 aliphatic carbocycles. The fraction of sp³-hybridized carbons (Fsp3) is 0.267. The summed E-state index contributed by atoms with van der Waals surface area (Å²) >= 11 is 0. The maximum atomic E-state index is 7.00. The van der Waals surface area contributed by atoms with Crippen molar-refractivity contribution in [3.63, 3.8) is 0 Å². The van der Waals surface area contributed by atoms with E-state index in [1.165, 1.54) is 0 Å². The minimum Gasteiger partial charge on any atom is -0.132 e. The lowest BCUT2D eigenvalue weighted by Crippen LogP contribution is -2.15. The van der Waals surface area contributed by atoms with Gasteiger partial charge in [-0.3, -0.25) is 0 Å². The standard InChI is InChI=1S/C6H12Si.3C6H6.C3H4.C2H6.CH4.2H2/c1-5-6-7(2,3)4;3*1-2-4-6-5-3-1;1-3-2;1-2;;;/h1-4H3;3*1-6H;1H,2H3;1-2H3;1H4;2*1H/i;3*1D;;;;1+1D;1+1. The van der Waals surface area contributed by atoms with Gasteiger partial charge in [-0.15, -0.1) is 23.8 Å². The van der Waals surface area contributed by atoms with Crippen LogP contribution in [0.5, 0.6) is 0 Å². The number of benzene rings is 3. The second-order valence-corrected chi connectivity index (χ2v) is 10.9. The van der Waals surface area contributed by atoms with Crippen LogP contribution in [0, 0.1) is 23.8 Å². The van der Waals surface area contributed by atoms with Crippen molar-refractivity contribution in [3.05, 3.63) is 109 Å². The summed E-state index contributed by atoms with van der Waals surface area (Å²) in [4.78, 5) is 0. The van der Waals surface area contributed by atoms with Crippen molar-refractivity contribution >= 4 is 8.07 Å². The molecule has 0 heterocycles. The SMILES string of the molecule is C.C#CC.CC.CC#C[Si](C)(C)C.[2HH].[2H][2H].[2H]c1ccccc1.[2H]c1ccccc1.[2H]c1ccccc1. The van der Waals surface area contributed by atoms with Gasteiger partial charge in [0.15, 0.2) is 0 Å². The van der Waals surface area contributed by atoms with Gasteiger partial charge in [0.1, 0.15) is 8.07 Å². The van der Waals surface area contributed by atoms with Crippen LogP contribution >= 0.6 is 0 Å². The molecule has 0 aliphatic rings. The summed E-state index contributed by atoms with van der Waals surface area (Å²) in [6.07, 6.45) is 4.60. The van der Waals surface area contributed by atoms with E-state index in [2.05, 4.69) is 43.4 Å². The Morgan fingerprint density at radius 3 is 0.903 bits per heavy atom. The predicted octanol–water partition coefficient (Wildman–Crippen LogP) is 9.74. The van der Waals surface area contributed by atoms with Crippen LogP contribution in [0.25, 0.3) is 0 Å². The van der Waals surface area contributed by atoms with E-state index >= 15 is 0 Å². The Morgan fingerprint density at radius 1 is 0.645 bits per heavy atom. The highest BCUT2D eigenvalue weighted by Crippen LogP contribution is 1.95. The van der Waals surface area contributed by atoms with Crippen molar-refractivity contribution < 1.29 is 8.51 Å². The van der Waals surface area contributed by atoms with E-state index in [9.17, 15) is 0 Å². The summed E-state index contributed by atoms with van der Waals surface area (Å²) in [6.45, 7) is 14.3. The van der Waals surface area contributed by atoms with E-state index in [0.717, 1.165) is 0 Å². The first-order valence-corrected chi connectivity index (χ1v) is 13.5. The van der Waals surface area contributed by atoms with Gasteiger partial charge in [-0.1, -0.05) is 150 Å². The maximum absolute atomic E-state index is 7.00. The smallest absolute Gasteiger partial charge is 0.129 e. The molecular weight excluding hydrogens is 388 g/mol. The van der Waals surface area contributed by atoms with Crippen LogP contribution in [-0.4, -0.2) is 8.07 Å². The molecule has 172 valence electrons. The van der Waals surface area contributed by atoms with Crippen molar-refractivity contribution in [2.75, 3.05) is 0 Å². The van der Waals surface area contributed by atoms with Gasteiger partial charge >= 0.3 is 0 Å². The van der Waals surface area contributed by atoms with Gasteiger partial charge in [-0.2, -0.15) is 0 Å². The fourth-order valence-electron chi connectivity index (χ4n) is 1.40. The predicted molar refractivity (Wildman–Crippen MR) is 153 cm³/mol. The first kappa shape index (κ1) is 26.0. The first-order chi connectivity index (χ1) is 16.7. The van der Waals surface area contributed by atoms with E-state index in [1.54, 1.807) is 43.3 Å². The molecule has 31 heavy (non-hydrogen) atoms. The highest BCUT2D eigenvalue weighted by atomic mass is 28.3. The Balaban J connectivity index is -0.0000000787. The molecule has 0 nitrogen and oxygen atoms in total. The topological polar surface area (TPSA) is 0 Å². The fourth-order valence-corrected chi connectivity index (χ4v) is 2.15. The van der Waals surface area contributed by atoms with Crippen LogP contribution in [0.15, 0.2) is 109 Å². The van der Waals surface area contributed by atoms with Gasteiger partial charge < -0.3 is 0 Å². The van der Waals surface area contributed by atoms with E-state index in [-0.39, 0.29) is 8.85 Å². The zero-order valence-corrected chi connectivity index (χ0v) is 20.7. The van der Waals surface area contributed by atoms with E-state index in [1.807, 2.05) is 75.4 Å². The molecule has 0 aromatic heterocycles. The normalized spacial score (nSPS) is 8.90. The molecule has 0 atom stereocenters. The lowest BCUT2D eigenvalue weighted by molar-refractivity contribution is 1.50. The van der Waals surface area contributed by atoms with Crippen molar-refractivity contribution in [1.82, 2.24) is 0 Å². The van der Waals surface area contributed by atoms with Gasteiger partial charge in [-0.25, -0.2) is 0 Å². The number of hydrogen-bond acceptors (Lipinski definition) is 0.